The molecule has 2 aliphatic rings. The summed E-state index contributed by atoms with van der Waals surface area (Å²) in [5.74, 6) is 0.0195. The molecule has 1 saturated heterocycles. The molecule has 1 saturated carbocycles. The van der Waals surface area contributed by atoms with Gasteiger partial charge >= 0.3 is 6.61 Å². The van der Waals surface area contributed by atoms with Crippen molar-refractivity contribution in [3.8, 4) is 11.5 Å². The van der Waals surface area contributed by atoms with Gasteiger partial charge in [-0.25, -0.2) is 0 Å². The molecule has 1 aromatic rings. The lowest BCUT2D eigenvalue weighted by molar-refractivity contribution is -0.117. The van der Waals surface area contributed by atoms with E-state index in [0.29, 0.717) is 18.7 Å². The Morgan fingerprint density at radius 2 is 1.97 bits per heavy atom. The van der Waals surface area contributed by atoms with Crippen molar-refractivity contribution in [1.29, 1.82) is 0 Å². The van der Waals surface area contributed by atoms with Crippen LogP contribution in [0.5, 0.6) is 11.5 Å². The molecule has 8 heteroatoms. The fourth-order valence-corrected chi connectivity index (χ4v) is 4.42. The lowest BCUT2D eigenvalue weighted by atomic mass is 9.79. The number of nitrogens with one attached hydrogen (secondary N) is 1. The molecule has 0 atom stereocenters. The minimum absolute atomic E-state index is 0.00191. The van der Waals surface area contributed by atoms with Crippen LogP contribution >= 0.6 is 0 Å². The Balaban J connectivity index is 1.61. The molecular weight excluding hydrogens is 406 g/mol. The first-order chi connectivity index (χ1) is 15.0. The van der Waals surface area contributed by atoms with Crippen molar-refractivity contribution in [2.75, 3.05) is 39.5 Å². The van der Waals surface area contributed by atoms with Gasteiger partial charge in [0.15, 0.2) is 11.5 Å². The van der Waals surface area contributed by atoms with Gasteiger partial charge in [0.1, 0.15) is 0 Å². The summed E-state index contributed by atoms with van der Waals surface area (Å²) in [5, 5.41) is 3.07. The molecule has 0 radical (unpaired) electrons. The standard InChI is InChI=1S/C23H32F2N2O4/c1-2-30-20-16-18(6-8-19(20)31-22(24)25)7-9-21(28)26-17-23(10-4-3-5-11-23)27-12-14-29-15-13-27/h6-9,16,22H,2-5,10-15,17H2,1H3,(H,26,28)/b9-7+. The first-order valence-corrected chi connectivity index (χ1v) is 11.0. The van der Waals surface area contributed by atoms with Gasteiger partial charge < -0.3 is 19.5 Å². The monoisotopic (exact) mass is 438 g/mol. The van der Waals surface area contributed by atoms with Gasteiger partial charge in [-0.05, 0) is 43.5 Å². The third-order valence-electron chi connectivity index (χ3n) is 5.97. The summed E-state index contributed by atoms with van der Waals surface area (Å²) in [6.07, 6.45) is 8.88. The van der Waals surface area contributed by atoms with E-state index >= 15 is 0 Å². The van der Waals surface area contributed by atoms with E-state index in [1.165, 1.54) is 31.4 Å². The molecule has 1 amide bonds. The predicted octanol–water partition coefficient (Wildman–Crippen LogP) is 3.85. The minimum atomic E-state index is -2.93. The fourth-order valence-electron chi connectivity index (χ4n) is 4.42. The molecule has 0 bridgehead atoms. The zero-order valence-corrected chi connectivity index (χ0v) is 18.1. The molecule has 1 aliphatic heterocycles. The molecule has 1 aliphatic carbocycles. The van der Waals surface area contributed by atoms with E-state index in [2.05, 4.69) is 15.0 Å². The van der Waals surface area contributed by atoms with E-state index in [-0.39, 0.29) is 22.9 Å². The summed E-state index contributed by atoms with van der Waals surface area (Å²) in [4.78, 5) is 15.0. The minimum Gasteiger partial charge on any atom is -0.490 e. The van der Waals surface area contributed by atoms with E-state index in [9.17, 15) is 13.6 Å². The fraction of sp³-hybridized carbons (Fsp3) is 0.609. The van der Waals surface area contributed by atoms with Gasteiger partial charge in [0.25, 0.3) is 0 Å². The topological polar surface area (TPSA) is 60.0 Å². The number of carbonyl (C=O) groups excluding carboxylic acids is 1. The number of morpholine rings is 1. The Morgan fingerprint density at radius 3 is 2.65 bits per heavy atom. The Kier molecular flexibility index (Phi) is 8.66. The van der Waals surface area contributed by atoms with Crippen LogP contribution in [0.2, 0.25) is 0 Å². The SMILES string of the molecule is CCOc1cc(/C=C/C(=O)NCC2(N3CCOCC3)CCCCC2)ccc1OC(F)F. The molecule has 1 aromatic carbocycles. The zero-order valence-electron chi connectivity index (χ0n) is 18.1. The highest BCUT2D eigenvalue weighted by Gasteiger charge is 2.38. The van der Waals surface area contributed by atoms with Crippen molar-refractivity contribution in [3.63, 3.8) is 0 Å². The molecule has 3 rings (SSSR count). The Hall–Kier alpha value is -2.19. The number of alkyl halides is 2. The number of halogens is 2. The van der Waals surface area contributed by atoms with Crippen molar-refractivity contribution < 1.29 is 27.8 Å². The van der Waals surface area contributed by atoms with Gasteiger partial charge in [-0.2, -0.15) is 8.78 Å². The van der Waals surface area contributed by atoms with Gasteiger partial charge in [0.05, 0.1) is 19.8 Å². The molecule has 0 aromatic heterocycles. The number of rotatable bonds is 9. The molecule has 2 fully saturated rings. The normalized spacial score (nSPS) is 19.5. The van der Waals surface area contributed by atoms with Crippen molar-refractivity contribution in [2.24, 2.45) is 0 Å². The first kappa shape index (κ1) is 23.5. The smallest absolute Gasteiger partial charge is 0.387 e. The van der Waals surface area contributed by atoms with E-state index in [4.69, 9.17) is 9.47 Å². The number of benzene rings is 1. The van der Waals surface area contributed by atoms with Crippen molar-refractivity contribution >= 4 is 12.0 Å². The Morgan fingerprint density at radius 1 is 1.23 bits per heavy atom. The predicted molar refractivity (Wildman–Crippen MR) is 114 cm³/mol. The number of nitrogens with zero attached hydrogens (tertiary/aromatic N) is 1. The van der Waals surface area contributed by atoms with E-state index in [1.54, 1.807) is 25.1 Å². The Labute approximate surface area is 182 Å². The van der Waals surface area contributed by atoms with Gasteiger partial charge in [0.2, 0.25) is 5.91 Å². The molecule has 1 heterocycles. The lowest BCUT2D eigenvalue weighted by Crippen LogP contribution is -2.59. The lowest BCUT2D eigenvalue weighted by Gasteiger charge is -2.48. The molecule has 172 valence electrons. The van der Waals surface area contributed by atoms with Crippen molar-refractivity contribution in [2.45, 2.75) is 51.2 Å². The van der Waals surface area contributed by atoms with Crippen LogP contribution in [0.4, 0.5) is 8.78 Å². The first-order valence-electron chi connectivity index (χ1n) is 11.0. The van der Waals surface area contributed by atoms with Crippen LogP contribution in [-0.4, -0.2) is 62.4 Å². The van der Waals surface area contributed by atoms with Gasteiger partial charge in [-0.15, -0.1) is 0 Å². The maximum atomic E-state index is 12.5. The molecule has 6 nitrogen and oxygen atoms in total. The third kappa shape index (κ3) is 6.64. The average Bonchev–Trinajstić information content (AvgIpc) is 2.79. The summed E-state index contributed by atoms with van der Waals surface area (Å²) in [6, 6.07) is 4.62. The highest BCUT2D eigenvalue weighted by atomic mass is 19.3. The van der Waals surface area contributed by atoms with Crippen LogP contribution in [0.25, 0.3) is 6.08 Å². The average molecular weight is 439 g/mol. The number of ether oxygens (including phenoxy) is 3. The molecule has 1 N–H and O–H groups in total. The second kappa shape index (κ2) is 11.4. The van der Waals surface area contributed by atoms with E-state index in [0.717, 1.165) is 39.1 Å². The second-order valence-electron chi connectivity index (χ2n) is 7.95. The molecule has 0 unspecified atom stereocenters. The largest absolute Gasteiger partial charge is 0.490 e. The van der Waals surface area contributed by atoms with Crippen LogP contribution in [0, 0.1) is 0 Å². The third-order valence-corrected chi connectivity index (χ3v) is 5.97. The quantitative estimate of drug-likeness (QED) is 0.594. The van der Waals surface area contributed by atoms with Gasteiger partial charge in [-0.3, -0.25) is 9.69 Å². The summed E-state index contributed by atoms with van der Waals surface area (Å²) in [7, 11) is 0. The maximum absolute atomic E-state index is 12.5. The second-order valence-corrected chi connectivity index (χ2v) is 7.95. The zero-order chi connectivity index (χ0) is 22.1. The highest BCUT2D eigenvalue weighted by Crippen LogP contribution is 2.34. The summed E-state index contributed by atoms with van der Waals surface area (Å²) >= 11 is 0. The van der Waals surface area contributed by atoms with Crippen LogP contribution in [0.15, 0.2) is 24.3 Å². The maximum Gasteiger partial charge on any atom is 0.387 e. The van der Waals surface area contributed by atoms with Crippen LogP contribution < -0.4 is 14.8 Å². The number of hydrogen-bond donors (Lipinski definition) is 1. The van der Waals surface area contributed by atoms with Gasteiger partial charge in [-0.1, -0.05) is 25.3 Å². The number of hydrogen-bond acceptors (Lipinski definition) is 5. The summed E-state index contributed by atoms with van der Waals surface area (Å²) in [6.45, 7) is 3.05. The van der Waals surface area contributed by atoms with E-state index in [1.807, 2.05) is 0 Å². The van der Waals surface area contributed by atoms with Crippen LogP contribution in [0.3, 0.4) is 0 Å². The molecule has 0 spiro atoms. The van der Waals surface area contributed by atoms with Crippen molar-refractivity contribution in [3.05, 3.63) is 29.8 Å². The van der Waals surface area contributed by atoms with Crippen molar-refractivity contribution in [1.82, 2.24) is 10.2 Å². The highest BCUT2D eigenvalue weighted by molar-refractivity contribution is 5.91. The summed E-state index contributed by atoms with van der Waals surface area (Å²) in [5.41, 5.74) is 0.669. The molecular formula is C23H32F2N2O4. The van der Waals surface area contributed by atoms with Gasteiger partial charge in [0, 0.05) is 31.2 Å². The van der Waals surface area contributed by atoms with E-state index < -0.39 is 6.61 Å². The van der Waals surface area contributed by atoms with Crippen LogP contribution in [-0.2, 0) is 9.53 Å². The summed E-state index contributed by atoms with van der Waals surface area (Å²) < 4.78 is 40.5. The number of carbonyl (C=O) groups is 1. The Bertz CT molecular complexity index is 745. The molecule has 31 heavy (non-hydrogen) atoms. The number of amides is 1. The van der Waals surface area contributed by atoms with Crippen LogP contribution in [0.1, 0.15) is 44.6 Å².